The second-order valence-corrected chi connectivity index (χ2v) is 8.76. The van der Waals surface area contributed by atoms with Gasteiger partial charge in [0.25, 0.3) is 5.69 Å². The summed E-state index contributed by atoms with van der Waals surface area (Å²) < 4.78 is 5.70. The van der Waals surface area contributed by atoms with Crippen LogP contribution in [-0.4, -0.2) is 53.3 Å². The van der Waals surface area contributed by atoms with Crippen molar-refractivity contribution in [3.8, 4) is 5.75 Å². The fourth-order valence-corrected chi connectivity index (χ4v) is 3.91. The Morgan fingerprint density at radius 1 is 1.09 bits per heavy atom. The minimum Gasteiger partial charge on any atom is -0.491 e. The highest BCUT2D eigenvalue weighted by Crippen LogP contribution is 2.28. The van der Waals surface area contributed by atoms with Gasteiger partial charge in [0, 0.05) is 51.0 Å². The smallest absolute Gasteiger partial charge is 0.269 e. The van der Waals surface area contributed by atoms with Crippen LogP contribution in [0.3, 0.4) is 0 Å². The van der Waals surface area contributed by atoms with E-state index >= 15 is 0 Å². The first-order valence-corrected chi connectivity index (χ1v) is 10.9. The molecule has 33 heavy (non-hydrogen) atoms. The largest absolute Gasteiger partial charge is 0.491 e. The van der Waals surface area contributed by atoms with Crippen LogP contribution in [0.15, 0.2) is 48.5 Å². The number of piperidine rings is 1. The molecule has 184 valence electrons. The summed E-state index contributed by atoms with van der Waals surface area (Å²) in [5, 5.41) is 21.8. The number of likely N-dealkylation sites (tertiary alicyclic amines) is 1. The van der Waals surface area contributed by atoms with Crippen LogP contribution >= 0.6 is 24.8 Å². The first-order valence-electron chi connectivity index (χ1n) is 10.9. The van der Waals surface area contributed by atoms with Crippen LogP contribution < -0.4 is 9.64 Å². The molecular formula is C24H35Cl2N3O4. The number of hydrogen-bond donors (Lipinski definition) is 1. The van der Waals surface area contributed by atoms with E-state index in [4.69, 9.17) is 4.74 Å². The van der Waals surface area contributed by atoms with Crippen LogP contribution in [0.1, 0.15) is 38.7 Å². The van der Waals surface area contributed by atoms with Crippen LogP contribution in [0.5, 0.6) is 5.75 Å². The van der Waals surface area contributed by atoms with Gasteiger partial charge in [0.15, 0.2) is 0 Å². The van der Waals surface area contributed by atoms with E-state index in [1.54, 1.807) is 12.1 Å². The predicted molar refractivity (Wildman–Crippen MR) is 137 cm³/mol. The van der Waals surface area contributed by atoms with E-state index in [9.17, 15) is 15.2 Å². The standard InChI is InChI=1S/C24H33N3O4.2ClH/c1-19(2)31-23-10-8-21(9-11-23)25(3)15-12-24(28)13-16-26(17-14-24)18-20-4-6-22(7-5-20)27(29)30;;/h4-11,19,28H,12-18H2,1-3H3;2*1H. The summed E-state index contributed by atoms with van der Waals surface area (Å²) in [6.45, 7) is 7.19. The maximum atomic E-state index is 11.0. The third kappa shape index (κ3) is 8.66. The molecule has 0 atom stereocenters. The third-order valence-electron chi connectivity index (χ3n) is 5.90. The maximum Gasteiger partial charge on any atom is 0.269 e. The number of nitrogens with zero attached hydrogens (tertiary/aromatic N) is 3. The normalized spacial score (nSPS) is 15.3. The molecule has 0 aromatic heterocycles. The maximum absolute atomic E-state index is 11.0. The Balaban J connectivity index is 0.00000272. The van der Waals surface area contributed by atoms with E-state index in [0.717, 1.165) is 62.4 Å². The van der Waals surface area contributed by atoms with Crippen molar-refractivity contribution in [1.29, 1.82) is 0 Å². The Bertz CT molecular complexity index is 855. The molecule has 1 N–H and O–H groups in total. The molecule has 2 aromatic rings. The number of nitro groups is 1. The number of halogens is 2. The van der Waals surface area contributed by atoms with Crippen molar-refractivity contribution in [1.82, 2.24) is 4.90 Å². The molecule has 0 amide bonds. The molecule has 0 spiro atoms. The van der Waals surface area contributed by atoms with Crippen molar-refractivity contribution in [2.24, 2.45) is 0 Å². The number of aliphatic hydroxyl groups is 1. The minimum absolute atomic E-state index is 0. The monoisotopic (exact) mass is 499 g/mol. The molecular weight excluding hydrogens is 465 g/mol. The zero-order valence-electron chi connectivity index (χ0n) is 19.5. The lowest BCUT2D eigenvalue weighted by atomic mass is 9.88. The molecule has 0 radical (unpaired) electrons. The molecule has 9 heteroatoms. The highest BCUT2D eigenvalue weighted by Gasteiger charge is 2.32. The van der Waals surface area contributed by atoms with Crippen molar-refractivity contribution in [3.05, 3.63) is 64.2 Å². The Kier molecular flexibility index (Phi) is 11.4. The summed E-state index contributed by atoms with van der Waals surface area (Å²) in [5.41, 5.74) is 1.62. The van der Waals surface area contributed by atoms with Gasteiger partial charge in [-0.05, 0) is 62.9 Å². The number of non-ortho nitro benzene ring substituents is 1. The van der Waals surface area contributed by atoms with Gasteiger partial charge in [-0.1, -0.05) is 12.1 Å². The van der Waals surface area contributed by atoms with Gasteiger partial charge in [0.05, 0.1) is 16.6 Å². The van der Waals surface area contributed by atoms with Gasteiger partial charge in [-0.25, -0.2) is 0 Å². The lowest BCUT2D eigenvalue weighted by Crippen LogP contribution is -2.45. The zero-order chi connectivity index (χ0) is 22.4. The molecule has 0 aliphatic carbocycles. The van der Waals surface area contributed by atoms with E-state index in [-0.39, 0.29) is 41.5 Å². The average Bonchev–Trinajstić information content (AvgIpc) is 2.74. The minimum atomic E-state index is -0.652. The van der Waals surface area contributed by atoms with Crippen LogP contribution in [0, 0.1) is 10.1 Å². The fraction of sp³-hybridized carbons (Fsp3) is 0.500. The molecule has 7 nitrogen and oxygen atoms in total. The number of hydrogen-bond acceptors (Lipinski definition) is 6. The second kappa shape index (κ2) is 13.0. The molecule has 0 saturated carbocycles. The summed E-state index contributed by atoms with van der Waals surface area (Å²) in [4.78, 5) is 14.9. The van der Waals surface area contributed by atoms with Crippen LogP contribution in [0.25, 0.3) is 0 Å². The van der Waals surface area contributed by atoms with Crippen molar-refractivity contribution in [3.63, 3.8) is 0 Å². The highest BCUT2D eigenvalue weighted by atomic mass is 35.5. The molecule has 2 aromatic carbocycles. The van der Waals surface area contributed by atoms with E-state index in [2.05, 4.69) is 21.9 Å². The molecule has 1 aliphatic rings. The summed E-state index contributed by atoms with van der Waals surface area (Å²) in [7, 11) is 2.05. The van der Waals surface area contributed by atoms with Gasteiger partial charge in [-0.3, -0.25) is 15.0 Å². The zero-order valence-corrected chi connectivity index (χ0v) is 21.1. The van der Waals surface area contributed by atoms with Crippen molar-refractivity contribution in [2.45, 2.75) is 51.4 Å². The molecule has 1 saturated heterocycles. The van der Waals surface area contributed by atoms with Gasteiger partial charge < -0.3 is 14.7 Å². The van der Waals surface area contributed by atoms with E-state index in [1.165, 1.54) is 0 Å². The lowest BCUT2D eigenvalue weighted by Gasteiger charge is -2.39. The third-order valence-corrected chi connectivity index (χ3v) is 5.90. The Hall–Kier alpha value is -2.06. The van der Waals surface area contributed by atoms with Gasteiger partial charge in [-0.2, -0.15) is 0 Å². The number of rotatable bonds is 9. The topological polar surface area (TPSA) is 79.1 Å². The van der Waals surface area contributed by atoms with Gasteiger partial charge in [0.1, 0.15) is 5.75 Å². The van der Waals surface area contributed by atoms with Crippen LogP contribution in [0.4, 0.5) is 11.4 Å². The highest BCUT2D eigenvalue weighted by molar-refractivity contribution is 5.85. The van der Waals surface area contributed by atoms with Crippen LogP contribution in [-0.2, 0) is 6.54 Å². The second-order valence-electron chi connectivity index (χ2n) is 8.76. The lowest BCUT2D eigenvalue weighted by molar-refractivity contribution is -0.384. The molecule has 0 bridgehead atoms. The van der Waals surface area contributed by atoms with Gasteiger partial charge in [-0.15, -0.1) is 24.8 Å². The first-order chi connectivity index (χ1) is 14.7. The van der Waals surface area contributed by atoms with Gasteiger partial charge >= 0.3 is 0 Å². The van der Waals surface area contributed by atoms with Crippen molar-refractivity contribution in [2.75, 3.05) is 31.6 Å². The van der Waals surface area contributed by atoms with E-state index < -0.39 is 5.60 Å². The first kappa shape index (κ1) is 29.0. The Morgan fingerprint density at radius 2 is 1.67 bits per heavy atom. The Morgan fingerprint density at radius 3 is 2.18 bits per heavy atom. The Labute approximate surface area is 208 Å². The molecule has 1 fully saturated rings. The number of nitro benzene ring substituents is 1. The predicted octanol–water partition coefficient (Wildman–Crippen LogP) is 5.08. The number of anilines is 1. The number of ether oxygens (including phenoxy) is 1. The summed E-state index contributed by atoms with van der Waals surface area (Å²) in [5.74, 6) is 0.867. The fourth-order valence-electron chi connectivity index (χ4n) is 3.91. The van der Waals surface area contributed by atoms with Crippen molar-refractivity contribution >= 4 is 36.2 Å². The summed E-state index contributed by atoms with van der Waals surface area (Å²) >= 11 is 0. The average molecular weight is 500 g/mol. The summed E-state index contributed by atoms with van der Waals surface area (Å²) in [6, 6.07) is 14.8. The SMILES string of the molecule is CC(C)Oc1ccc(N(C)CCC2(O)CCN(Cc3ccc([N+](=O)[O-])cc3)CC2)cc1.Cl.Cl. The van der Waals surface area contributed by atoms with Crippen LogP contribution in [0.2, 0.25) is 0 Å². The molecule has 1 heterocycles. The summed E-state index contributed by atoms with van der Waals surface area (Å²) in [6.07, 6.45) is 2.34. The quantitative estimate of drug-likeness (QED) is 0.382. The van der Waals surface area contributed by atoms with E-state index in [0.29, 0.717) is 0 Å². The molecule has 3 rings (SSSR count). The molecule has 0 unspecified atom stereocenters. The van der Waals surface area contributed by atoms with Crippen molar-refractivity contribution < 1.29 is 14.8 Å². The molecule has 1 aliphatic heterocycles. The van der Waals surface area contributed by atoms with E-state index in [1.807, 2.05) is 45.2 Å². The number of benzene rings is 2. The van der Waals surface area contributed by atoms with Gasteiger partial charge in [0.2, 0.25) is 0 Å².